The molecule has 1 aromatic carbocycles. The number of likely N-dealkylation sites (tertiary alicyclic amines) is 1. The number of benzene rings is 1. The number of nitrogens with zero attached hydrogens (tertiary/aromatic N) is 4. The lowest BCUT2D eigenvalue weighted by Gasteiger charge is -2.34. The minimum atomic E-state index is 0.401. The largest absolute Gasteiger partial charge is 0.370 e. The van der Waals surface area contributed by atoms with Crippen LogP contribution in [-0.2, 0) is 6.42 Å². The van der Waals surface area contributed by atoms with Crippen molar-refractivity contribution in [1.29, 1.82) is 5.26 Å². The van der Waals surface area contributed by atoms with Gasteiger partial charge in [-0.3, -0.25) is 4.90 Å². The van der Waals surface area contributed by atoms with E-state index in [1.165, 1.54) is 43.4 Å². The molecule has 136 valence electrons. The monoisotopic (exact) mass is 349 g/mol. The van der Waals surface area contributed by atoms with Gasteiger partial charge in [0.05, 0.1) is 23.0 Å². The second-order valence-electron chi connectivity index (χ2n) is 7.28. The van der Waals surface area contributed by atoms with Gasteiger partial charge in [-0.05, 0) is 57.3 Å². The predicted molar refractivity (Wildman–Crippen MR) is 104 cm³/mol. The molecule has 1 saturated heterocycles. The van der Waals surface area contributed by atoms with Crippen LogP contribution in [0.5, 0.6) is 0 Å². The zero-order valence-electron chi connectivity index (χ0n) is 15.5. The fourth-order valence-electron chi connectivity index (χ4n) is 4.40. The Hall–Kier alpha value is -2.32. The van der Waals surface area contributed by atoms with Crippen molar-refractivity contribution in [3.8, 4) is 11.8 Å². The predicted octanol–water partition coefficient (Wildman–Crippen LogP) is 4.04. The van der Waals surface area contributed by atoms with Gasteiger partial charge in [0.25, 0.3) is 0 Å². The number of fused-ring (bicyclic) bond motifs is 1. The van der Waals surface area contributed by atoms with Crippen molar-refractivity contribution in [2.24, 2.45) is 0 Å². The van der Waals surface area contributed by atoms with E-state index in [1.54, 1.807) is 0 Å². The molecule has 0 radical (unpaired) electrons. The molecule has 1 aromatic heterocycles. The third kappa shape index (κ3) is 2.99. The topological polar surface area (TPSA) is 56.9 Å². The highest BCUT2D eigenvalue weighted by Gasteiger charge is 2.31. The van der Waals surface area contributed by atoms with E-state index in [2.05, 4.69) is 23.2 Å². The molecule has 1 atom stereocenters. The normalized spacial score (nSPS) is 20.7. The van der Waals surface area contributed by atoms with Crippen molar-refractivity contribution >= 4 is 5.82 Å². The molecule has 5 heteroatoms. The molecule has 2 aromatic rings. The summed E-state index contributed by atoms with van der Waals surface area (Å²) in [5.41, 5.74) is 4.14. The van der Waals surface area contributed by atoms with Crippen molar-refractivity contribution in [2.45, 2.75) is 51.5 Å². The molecule has 4 rings (SSSR count). The molecule has 2 aliphatic heterocycles. The Morgan fingerprint density at radius 3 is 2.96 bits per heavy atom. The Kier molecular flexibility index (Phi) is 4.94. The smallest absolute Gasteiger partial charge is 0.133 e. The number of hydrogen-bond donors (Lipinski definition) is 1. The summed E-state index contributed by atoms with van der Waals surface area (Å²) in [5, 5.41) is 18.3. The molecular weight excluding hydrogens is 322 g/mol. The van der Waals surface area contributed by atoms with E-state index >= 15 is 0 Å². The van der Waals surface area contributed by atoms with Crippen LogP contribution < -0.4 is 5.32 Å². The average molecular weight is 349 g/mol. The number of hydrogen-bond acceptors (Lipinski definition) is 4. The Balaban J connectivity index is 1.86. The lowest BCUT2D eigenvalue weighted by molar-refractivity contribution is 0.152. The molecule has 26 heavy (non-hydrogen) atoms. The first-order valence-corrected chi connectivity index (χ1v) is 9.92. The summed E-state index contributed by atoms with van der Waals surface area (Å²) in [6.07, 6.45) is 7.17. The van der Waals surface area contributed by atoms with E-state index in [-0.39, 0.29) is 0 Å². The zero-order valence-corrected chi connectivity index (χ0v) is 15.5. The average Bonchev–Trinajstić information content (AvgIpc) is 2.88. The minimum absolute atomic E-state index is 0.401. The van der Waals surface area contributed by atoms with Crippen LogP contribution in [-0.4, -0.2) is 34.3 Å². The quantitative estimate of drug-likeness (QED) is 0.908. The van der Waals surface area contributed by atoms with Gasteiger partial charge in [0.2, 0.25) is 0 Å². The third-order valence-electron chi connectivity index (χ3n) is 5.75. The van der Waals surface area contributed by atoms with Crippen LogP contribution in [0, 0.1) is 11.3 Å². The Morgan fingerprint density at radius 1 is 1.23 bits per heavy atom. The fourth-order valence-corrected chi connectivity index (χ4v) is 4.40. The highest BCUT2D eigenvalue weighted by Crippen LogP contribution is 2.37. The summed E-state index contributed by atoms with van der Waals surface area (Å²) in [6, 6.07) is 10.5. The van der Waals surface area contributed by atoms with Crippen LogP contribution in [0.3, 0.4) is 0 Å². The molecule has 0 amide bonds. The second kappa shape index (κ2) is 7.51. The van der Waals surface area contributed by atoms with Crippen LogP contribution in [0.4, 0.5) is 5.82 Å². The lowest BCUT2D eigenvalue weighted by Crippen LogP contribution is -2.34. The number of nitriles is 1. The number of aromatic nitrogens is 2. The number of para-hydroxylation sites is 1. The summed E-state index contributed by atoms with van der Waals surface area (Å²) >= 11 is 0. The summed E-state index contributed by atoms with van der Waals surface area (Å²) in [4.78, 5) is 2.57. The lowest BCUT2D eigenvalue weighted by atomic mass is 9.95. The van der Waals surface area contributed by atoms with E-state index < -0.39 is 0 Å². The Morgan fingerprint density at radius 2 is 2.12 bits per heavy atom. The maximum atomic E-state index is 9.56. The van der Waals surface area contributed by atoms with E-state index in [0.717, 1.165) is 37.6 Å². The maximum absolute atomic E-state index is 9.56. The van der Waals surface area contributed by atoms with Gasteiger partial charge in [0.15, 0.2) is 0 Å². The first kappa shape index (κ1) is 17.1. The first-order valence-electron chi connectivity index (χ1n) is 9.92. The van der Waals surface area contributed by atoms with E-state index in [9.17, 15) is 5.26 Å². The second-order valence-corrected chi connectivity index (χ2v) is 7.28. The van der Waals surface area contributed by atoms with Crippen LogP contribution in [0.2, 0.25) is 0 Å². The molecular formula is C21H27N5. The van der Waals surface area contributed by atoms with Crippen molar-refractivity contribution < 1.29 is 0 Å². The molecule has 0 spiro atoms. The molecule has 2 aliphatic rings. The van der Waals surface area contributed by atoms with Crippen LogP contribution in [0.15, 0.2) is 24.3 Å². The number of piperidine rings is 1. The highest BCUT2D eigenvalue weighted by molar-refractivity contribution is 5.58. The molecule has 1 fully saturated rings. The molecule has 0 aliphatic carbocycles. The minimum Gasteiger partial charge on any atom is -0.370 e. The maximum Gasteiger partial charge on any atom is 0.133 e. The molecule has 0 saturated carbocycles. The van der Waals surface area contributed by atoms with E-state index in [4.69, 9.17) is 5.10 Å². The number of anilines is 1. The van der Waals surface area contributed by atoms with Gasteiger partial charge in [0.1, 0.15) is 11.9 Å². The standard InChI is InChI=1S/C21H27N5/c1-2-25-14-8-6-12-19(25)20-17-10-5-7-13-23-21(17)26(24-20)18-11-4-3-9-16(18)15-22/h3-4,9,11,19,23H,2,5-8,10,12-14H2,1H3. The summed E-state index contributed by atoms with van der Waals surface area (Å²) in [5.74, 6) is 1.10. The summed E-state index contributed by atoms with van der Waals surface area (Å²) in [7, 11) is 0. The van der Waals surface area contributed by atoms with Gasteiger partial charge in [-0.25, -0.2) is 4.68 Å². The SMILES string of the molecule is CCN1CCCCC1c1nn(-c2ccccc2C#N)c2c1CCCCN2. The van der Waals surface area contributed by atoms with Crippen molar-refractivity contribution in [1.82, 2.24) is 14.7 Å². The van der Waals surface area contributed by atoms with E-state index in [1.807, 2.05) is 28.9 Å². The number of nitrogens with one attached hydrogen (secondary N) is 1. The number of rotatable bonds is 3. The van der Waals surface area contributed by atoms with Crippen molar-refractivity contribution in [3.63, 3.8) is 0 Å². The summed E-state index contributed by atoms with van der Waals surface area (Å²) in [6.45, 7) is 5.44. The Labute approximate surface area is 155 Å². The molecule has 1 N–H and O–H groups in total. The van der Waals surface area contributed by atoms with Gasteiger partial charge in [-0.1, -0.05) is 25.5 Å². The van der Waals surface area contributed by atoms with E-state index in [0.29, 0.717) is 11.6 Å². The molecule has 1 unspecified atom stereocenters. The fraction of sp³-hybridized carbons (Fsp3) is 0.524. The van der Waals surface area contributed by atoms with Crippen molar-refractivity contribution in [2.75, 3.05) is 25.0 Å². The van der Waals surface area contributed by atoms with Crippen molar-refractivity contribution in [3.05, 3.63) is 41.1 Å². The highest BCUT2D eigenvalue weighted by atomic mass is 15.4. The first-order chi connectivity index (χ1) is 12.8. The zero-order chi connectivity index (χ0) is 17.9. The van der Waals surface area contributed by atoms with Crippen LogP contribution >= 0.6 is 0 Å². The molecule has 3 heterocycles. The van der Waals surface area contributed by atoms with Crippen LogP contribution in [0.1, 0.15) is 61.9 Å². The van der Waals surface area contributed by atoms with Gasteiger partial charge in [-0.15, -0.1) is 0 Å². The Bertz CT molecular complexity index is 816. The van der Waals surface area contributed by atoms with Gasteiger partial charge >= 0.3 is 0 Å². The molecule has 0 bridgehead atoms. The van der Waals surface area contributed by atoms with Gasteiger partial charge < -0.3 is 5.32 Å². The van der Waals surface area contributed by atoms with Gasteiger partial charge in [0, 0.05) is 12.1 Å². The van der Waals surface area contributed by atoms with Gasteiger partial charge in [-0.2, -0.15) is 10.4 Å². The molecule has 5 nitrogen and oxygen atoms in total. The third-order valence-corrected chi connectivity index (χ3v) is 5.75. The summed E-state index contributed by atoms with van der Waals surface area (Å²) < 4.78 is 2.00. The van der Waals surface area contributed by atoms with Crippen LogP contribution in [0.25, 0.3) is 5.69 Å².